The Morgan fingerprint density at radius 2 is 2.10 bits per heavy atom. The van der Waals surface area contributed by atoms with E-state index in [9.17, 15) is 14.7 Å². The van der Waals surface area contributed by atoms with Crippen LogP contribution in [0.2, 0.25) is 0 Å². The molecule has 0 aromatic carbocycles. The summed E-state index contributed by atoms with van der Waals surface area (Å²) < 4.78 is 0. The zero-order chi connectivity index (χ0) is 15.3. The van der Waals surface area contributed by atoms with Gasteiger partial charge in [-0.25, -0.2) is 0 Å². The highest BCUT2D eigenvalue weighted by Crippen LogP contribution is 2.31. The Morgan fingerprint density at radius 3 is 2.60 bits per heavy atom. The van der Waals surface area contributed by atoms with Crippen molar-refractivity contribution in [2.24, 2.45) is 11.3 Å². The number of aliphatic carboxylic acids is 1. The molecule has 1 unspecified atom stereocenters. The molecule has 1 rings (SSSR count). The summed E-state index contributed by atoms with van der Waals surface area (Å²) in [5.41, 5.74) is -0.405. The van der Waals surface area contributed by atoms with Gasteiger partial charge in [0.15, 0.2) is 0 Å². The average Bonchev–Trinajstić information content (AvgIpc) is 2.79. The van der Waals surface area contributed by atoms with Crippen molar-refractivity contribution in [1.29, 1.82) is 0 Å². The molecule has 1 N–H and O–H groups in total. The molecule has 0 saturated carbocycles. The van der Waals surface area contributed by atoms with Crippen LogP contribution in [0, 0.1) is 11.3 Å². The Bertz CT molecular complexity index is 370. The van der Waals surface area contributed by atoms with E-state index in [1.54, 1.807) is 0 Å². The van der Waals surface area contributed by atoms with Gasteiger partial charge in [-0.1, -0.05) is 26.8 Å². The summed E-state index contributed by atoms with van der Waals surface area (Å²) in [7, 11) is 0. The molecule has 0 aromatic rings. The Balaban J connectivity index is 2.68. The van der Waals surface area contributed by atoms with Gasteiger partial charge < -0.3 is 10.0 Å². The van der Waals surface area contributed by atoms with Gasteiger partial charge in [0.25, 0.3) is 0 Å². The standard InChI is InChI=1S/C16H27NO3/c1-5-6-8-12-9-7-10-17(12)14(18)11-13(15(19)20)16(2,3)4/h5,12-13H,1,6-11H2,2-4H3,(H,19,20)/t12?,13-/m1/s1. The third kappa shape index (κ3) is 4.36. The maximum Gasteiger partial charge on any atom is 0.307 e. The fraction of sp³-hybridized carbons (Fsp3) is 0.750. The van der Waals surface area contributed by atoms with E-state index in [-0.39, 0.29) is 18.4 Å². The first-order chi connectivity index (χ1) is 9.27. The minimum absolute atomic E-state index is 0.0149. The van der Waals surface area contributed by atoms with E-state index in [0.717, 1.165) is 32.2 Å². The molecule has 0 bridgehead atoms. The Kier molecular flexibility index (Phi) is 5.78. The molecule has 4 heteroatoms. The maximum absolute atomic E-state index is 12.4. The van der Waals surface area contributed by atoms with E-state index < -0.39 is 17.3 Å². The van der Waals surface area contributed by atoms with Crippen LogP contribution in [0.15, 0.2) is 12.7 Å². The highest BCUT2D eigenvalue weighted by Gasteiger charge is 2.36. The van der Waals surface area contributed by atoms with E-state index in [4.69, 9.17) is 0 Å². The van der Waals surface area contributed by atoms with Crippen molar-refractivity contribution in [3.63, 3.8) is 0 Å². The quantitative estimate of drug-likeness (QED) is 0.761. The SMILES string of the molecule is C=CCCC1CCCN1C(=O)C[C@H](C(=O)O)C(C)(C)C. The number of likely N-dealkylation sites (tertiary alicyclic amines) is 1. The van der Waals surface area contributed by atoms with Crippen LogP contribution in [0.3, 0.4) is 0 Å². The van der Waals surface area contributed by atoms with Crippen molar-refractivity contribution in [2.45, 2.75) is 58.9 Å². The van der Waals surface area contributed by atoms with Crippen LogP contribution in [0.5, 0.6) is 0 Å². The topological polar surface area (TPSA) is 57.6 Å². The summed E-state index contributed by atoms with van der Waals surface area (Å²) in [5, 5.41) is 9.32. The molecular formula is C16H27NO3. The number of nitrogens with zero attached hydrogens (tertiary/aromatic N) is 1. The lowest BCUT2D eigenvalue weighted by Crippen LogP contribution is -2.40. The van der Waals surface area contributed by atoms with E-state index in [0.29, 0.717) is 0 Å². The van der Waals surface area contributed by atoms with Crippen molar-refractivity contribution >= 4 is 11.9 Å². The van der Waals surface area contributed by atoms with Gasteiger partial charge in [0, 0.05) is 19.0 Å². The van der Waals surface area contributed by atoms with E-state index in [1.165, 1.54) is 0 Å². The highest BCUT2D eigenvalue weighted by molar-refractivity contribution is 5.83. The number of carbonyl (C=O) groups is 2. The molecule has 2 atom stereocenters. The third-order valence-electron chi connectivity index (χ3n) is 4.12. The van der Waals surface area contributed by atoms with Gasteiger partial charge in [0.1, 0.15) is 0 Å². The Morgan fingerprint density at radius 1 is 1.45 bits per heavy atom. The number of carboxylic acid groups (broad SMARTS) is 1. The normalized spacial score (nSPS) is 20.8. The molecule has 4 nitrogen and oxygen atoms in total. The molecule has 0 aliphatic carbocycles. The van der Waals surface area contributed by atoms with Gasteiger partial charge >= 0.3 is 5.97 Å². The van der Waals surface area contributed by atoms with Crippen LogP contribution >= 0.6 is 0 Å². The van der Waals surface area contributed by atoms with Crippen molar-refractivity contribution in [2.75, 3.05) is 6.54 Å². The Hall–Kier alpha value is -1.32. The number of carbonyl (C=O) groups excluding carboxylic acids is 1. The van der Waals surface area contributed by atoms with Gasteiger partial charge in [-0.05, 0) is 31.1 Å². The fourth-order valence-corrected chi connectivity index (χ4v) is 2.83. The molecule has 1 saturated heterocycles. The lowest BCUT2D eigenvalue weighted by atomic mass is 9.78. The predicted octanol–water partition coefficient (Wildman–Crippen LogP) is 3.08. The van der Waals surface area contributed by atoms with Crippen molar-refractivity contribution in [3.05, 3.63) is 12.7 Å². The zero-order valence-electron chi connectivity index (χ0n) is 12.9. The number of allylic oxidation sites excluding steroid dienone is 1. The number of rotatable bonds is 6. The first-order valence-corrected chi connectivity index (χ1v) is 7.40. The van der Waals surface area contributed by atoms with E-state index >= 15 is 0 Å². The summed E-state index contributed by atoms with van der Waals surface area (Å²) in [6.07, 6.45) is 5.84. The summed E-state index contributed by atoms with van der Waals surface area (Å²) in [6, 6.07) is 0.259. The second kappa shape index (κ2) is 6.91. The predicted molar refractivity (Wildman–Crippen MR) is 79.4 cm³/mol. The average molecular weight is 281 g/mol. The molecule has 1 heterocycles. The number of hydrogen-bond donors (Lipinski definition) is 1. The number of carboxylic acids is 1. The summed E-state index contributed by atoms with van der Waals surface area (Å²) in [5.74, 6) is -1.53. The minimum Gasteiger partial charge on any atom is -0.481 e. The second-order valence-electron chi connectivity index (χ2n) is 6.71. The van der Waals surface area contributed by atoms with Crippen LogP contribution in [-0.4, -0.2) is 34.5 Å². The lowest BCUT2D eigenvalue weighted by Gasteiger charge is -2.30. The lowest BCUT2D eigenvalue weighted by molar-refractivity contribution is -0.150. The van der Waals surface area contributed by atoms with Crippen LogP contribution in [-0.2, 0) is 9.59 Å². The summed E-state index contributed by atoms with van der Waals surface area (Å²) in [4.78, 5) is 25.7. The number of hydrogen-bond acceptors (Lipinski definition) is 2. The molecule has 1 fully saturated rings. The highest BCUT2D eigenvalue weighted by atomic mass is 16.4. The van der Waals surface area contributed by atoms with Gasteiger partial charge in [0.2, 0.25) is 5.91 Å². The first kappa shape index (κ1) is 16.7. The molecule has 0 spiro atoms. The molecule has 0 radical (unpaired) electrons. The van der Waals surface area contributed by atoms with Crippen molar-refractivity contribution < 1.29 is 14.7 Å². The van der Waals surface area contributed by atoms with E-state index in [2.05, 4.69) is 6.58 Å². The Labute approximate surface area is 121 Å². The molecule has 0 aromatic heterocycles. The molecule has 1 amide bonds. The number of amides is 1. The monoisotopic (exact) mass is 281 g/mol. The van der Waals surface area contributed by atoms with E-state index in [1.807, 2.05) is 31.7 Å². The molecular weight excluding hydrogens is 254 g/mol. The van der Waals surface area contributed by atoms with Crippen molar-refractivity contribution in [3.8, 4) is 0 Å². The van der Waals surface area contributed by atoms with Crippen LogP contribution in [0.25, 0.3) is 0 Å². The summed E-state index contributed by atoms with van der Waals surface area (Å²) >= 11 is 0. The molecule has 20 heavy (non-hydrogen) atoms. The zero-order valence-corrected chi connectivity index (χ0v) is 12.9. The molecule has 114 valence electrons. The first-order valence-electron chi connectivity index (χ1n) is 7.40. The maximum atomic E-state index is 12.4. The van der Waals surface area contributed by atoms with Gasteiger partial charge in [0.05, 0.1) is 5.92 Å². The van der Waals surface area contributed by atoms with Gasteiger partial charge in [-0.3, -0.25) is 9.59 Å². The van der Waals surface area contributed by atoms with Crippen LogP contribution in [0.1, 0.15) is 52.9 Å². The third-order valence-corrected chi connectivity index (χ3v) is 4.12. The van der Waals surface area contributed by atoms with Crippen LogP contribution in [0.4, 0.5) is 0 Å². The van der Waals surface area contributed by atoms with Gasteiger partial charge in [-0.2, -0.15) is 0 Å². The summed E-state index contributed by atoms with van der Waals surface area (Å²) in [6.45, 7) is 10.1. The fourth-order valence-electron chi connectivity index (χ4n) is 2.83. The molecule has 1 aliphatic rings. The van der Waals surface area contributed by atoms with Crippen molar-refractivity contribution in [1.82, 2.24) is 4.90 Å². The van der Waals surface area contributed by atoms with Gasteiger partial charge in [-0.15, -0.1) is 6.58 Å². The minimum atomic E-state index is -0.882. The smallest absolute Gasteiger partial charge is 0.307 e. The van der Waals surface area contributed by atoms with Crippen LogP contribution < -0.4 is 0 Å². The molecule has 1 aliphatic heterocycles. The second-order valence-corrected chi connectivity index (χ2v) is 6.71. The largest absolute Gasteiger partial charge is 0.481 e.